The lowest BCUT2D eigenvalue weighted by atomic mass is 10.1. The van der Waals surface area contributed by atoms with Crippen molar-refractivity contribution >= 4 is 43.3 Å². The summed E-state index contributed by atoms with van der Waals surface area (Å²) in [6.07, 6.45) is 4.20. The highest BCUT2D eigenvalue weighted by atomic mass is 32.2. The molecule has 0 saturated heterocycles. The highest BCUT2D eigenvalue weighted by molar-refractivity contribution is 7.90. The summed E-state index contributed by atoms with van der Waals surface area (Å²) in [7, 11) is -3.45. The minimum Gasteiger partial charge on any atom is -0.465 e. The average molecular weight is 475 g/mol. The lowest BCUT2D eigenvalue weighted by Crippen LogP contribution is -2.23. The SMILES string of the molecule is CCCCc1ccc2c(c1)sc(=NC(=O)c1cccc(S(C)(=O)=O)c1)n2CC(=O)OCC. The molecule has 0 aliphatic rings. The molecule has 1 amide bonds. The van der Waals surface area contributed by atoms with Crippen molar-refractivity contribution < 1.29 is 22.7 Å². The predicted molar refractivity (Wildman–Crippen MR) is 125 cm³/mol. The Labute approximate surface area is 191 Å². The van der Waals surface area contributed by atoms with Gasteiger partial charge in [-0.25, -0.2) is 8.42 Å². The number of amides is 1. The van der Waals surface area contributed by atoms with Crippen LogP contribution in [0.2, 0.25) is 0 Å². The van der Waals surface area contributed by atoms with Gasteiger partial charge >= 0.3 is 5.97 Å². The van der Waals surface area contributed by atoms with Gasteiger partial charge in [0.1, 0.15) is 6.54 Å². The molecule has 0 radical (unpaired) electrons. The Morgan fingerprint density at radius 3 is 2.59 bits per heavy atom. The minimum absolute atomic E-state index is 0.0508. The first kappa shape index (κ1) is 23.9. The molecule has 0 fully saturated rings. The van der Waals surface area contributed by atoms with Crippen LogP contribution >= 0.6 is 11.3 Å². The van der Waals surface area contributed by atoms with E-state index in [4.69, 9.17) is 4.74 Å². The number of aromatic nitrogens is 1. The number of hydrogen-bond donors (Lipinski definition) is 0. The number of nitrogens with zero attached hydrogens (tertiary/aromatic N) is 2. The highest BCUT2D eigenvalue weighted by Gasteiger charge is 2.15. The van der Waals surface area contributed by atoms with E-state index in [0.717, 1.165) is 35.7 Å². The van der Waals surface area contributed by atoms with Gasteiger partial charge in [-0.2, -0.15) is 4.99 Å². The summed E-state index contributed by atoms with van der Waals surface area (Å²) in [5.41, 5.74) is 2.14. The first-order valence-electron chi connectivity index (χ1n) is 10.4. The zero-order valence-electron chi connectivity index (χ0n) is 18.3. The van der Waals surface area contributed by atoms with Gasteiger partial charge in [-0.1, -0.05) is 36.8 Å². The number of rotatable bonds is 8. The van der Waals surface area contributed by atoms with Crippen molar-refractivity contribution in [2.75, 3.05) is 12.9 Å². The monoisotopic (exact) mass is 474 g/mol. The van der Waals surface area contributed by atoms with Crippen LogP contribution in [0.15, 0.2) is 52.4 Å². The maximum Gasteiger partial charge on any atom is 0.326 e. The summed E-state index contributed by atoms with van der Waals surface area (Å²) in [5.74, 6) is -0.999. The van der Waals surface area contributed by atoms with Gasteiger partial charge in [-0.15, -0.1) is 0 Å². The summed E-state index contributed by atoms with van der Waals surface area (Å²) >= 11 is 1.31. The number of ether oxygens (including phenoxy) is 1. The smallest absolute Gasteiger partial charge is 0.326 e. The van der Waals surface area contributed by atoms with Crippen molar-refractivity contribution in [3.63, 3.8) is 0 Å². The fourth-order valence-corrected chi connectivity index (χ4v) is 5.00. The highest BCUT2D eigenvalue weighted by Crippen LogP contribution is 2.21. The van der Waals surface area contributed by atoms with Crippen LogP contribution in [0, 0.1) is 0 Å². The van der Waals surface area contributed by atoms with Crippen LogP contribution in [0.3, 0.4) is 0 Å². The van der Waals surface area contributed by atoms with Gasteiger partial charge in [0.15, 0.2) is 14.6 Å². The third kappa shape index (κ3) is 5.72. The van der Waals surface area contributed by atoms with Crippen LogP contribution < -0.4 is 4.80 Å². The third-order valence-electron chi connectivity index (χ3n) is 4.87. The molecule has 0 saturated carbocycles. The number of carbonyl (C=O) groups excluding carboxylic acids is 2. The lowest BCUT2D eigenvalue weighted by Gasteiger charge is -2.06. The van der Waals surface area contributed by atoms with Crippen LogP contribution in [-0.4, -0.2) is 37.7 Å². The minimum atomic E-state index is -3.45. The summed E-state index contributed by atoms with van der Waals surface area (Å²) < 4.78 is 31.3. The Balaban J connectivity index is 2.09. The first-order valence-corrected chi connectivity index (χ1v) is 13.1. The Hall–Kier alpha value is -2.78. The van der Waals surface area contributed by atoms with E-state index < -0.39 is 21.7 Å². The molecule has 1 aromatic heterocycles. The number of benzene rings is 2. The average Bonchev–Trinajstić information content (AvgIpc) is 3.08. The predicted octanol–water partition coefficient (Wildman–Crippen LogP) is 3.75. The van der Waals surface area contributed by atoms with E-state index >= 15 is 0 Å². The van der Waals surface area contributed by atoms with Crippen molar-refractivity contribution in [2.24, 2.45) is 4.99 Å². The second-order valence-electron chi connectivity index (χ2n) is 7.40. The Morgan fingerprint density at radius 2 is 1.91 bits per heavy atom. The quantitative estimate of drug-likeness (QED) is 0.464. The number of thiazole rings is 1. The molecule has 7 nitrogen and oxygen atoms in total. The molecule has 3 aromatic rings. The normalized spacial score (nSPS) is 12.3. The molecule has 170 valence electrons. The van der Waals surface area contributed by atoms with E-state index in [9.17, 15) is 18.0 Å². The van der Waals surface area contributed by atoms with Gasteiger partial charge in [0.05, 0.1) is 21.7 Å². The van der Waals surface area contributed by atoms with E-state index in [1.165, 1.54) is 41.2 Å². The first-order chi connectivity index (χ1) is 15.2. The number of unbranched alkanes of at least 4 members (excludes halogenated alkanes) is 1. The molecule has 0 unspecified atom stereocenters. The molecular formula is C23H26N2O5S2. The number of sulfone groups is 1. The van der Waals surface area contributed by atoms with Gasteiger partial charge in [0, 0.05) is 11.8 Å². The molecule has 32 heavy (non-hydrogen) atoms. The summed E-state index contributed by atoms with van der Waals surface area (Å²) in [6, 6.07) is 11.8. The molecule has 0 N–H and O–H groups in total. The maximum atomic E-state index is 12.9. The van der Waals surface area contributed by atoms with E-state index in [1.807, 2.05) is 12.1 Å². The standard InChI is InChI=1S/C23H26N2O5S2/c1-4-6-8-16-11-12-19-20(13-16)31-23(25(19)15-21(26)30-5-2)24-22(27)17-9-7-10-18(14-17)32(3,28)29/h7,9-14H,4-6,8,15H2,1-3H3. The van der Waals surface area contributed by atoms with Crippen LogP contribution in [0.25, 0.3) is 10.2 Å². The second kappa shape index (κ2) is 10.2. The van der Waals surface area contributed by atoms with E-state index in [0.29, 0.717) is 4.80 Å². The van der Waals surface area contributed by atoms with Crippen molar-refractivity contribution in [1.82, 2.24) is 4.57 Å². The number of carbonyl (C=O) groups is 2. The molecule has 2 aromatic carbocycles. The Morgan fingerprint density at radius 1 is 1.12 bits per heavy atom. The van der Waals surface area contributed by atoms with E-state index in [2.05, 4.69) is 18.0 Å². The molecule has 0 spiro atoms. The Bertz CT molecular complexity index is 1320. The maximum absolute atomic E-state index is 12.9. The molecule has 0 aliphatic carbocycles. The van der Waals surface area contributed by atoms with E-state index in [-0.39, 0.29) is 23.6 Å². The van der Waals surface area contributed by atoms with Crippen LogP contribution in [-0.2, 0) is 32.3 Å². The molecule has 0 atom stereocenters. The van der Waals surface area contributed by atoms with Gasteiger partial charge in [-0.3, -0.25) is 9.59 Å². The third-order valence-corrected chi connectivity index (χ3v) is 7.02. The van der Waals surface area contributed by atoms with Gasteiger partial charge in [-0.05, 0) is 55.7 Å². The lowest BCUT2D eigenvalue weighted by molar-refractivity contribution is -0.143. The molecule has 3 rings (SSSR count). The molecule has 0 bridgehead atoms. The van der Waals surface area contributed by atoms with Crippen LogP contribution in [0.4, 0.5) is 0 Å². The summed E-state index contributed by atoms with van der Waals surface area (Å²) in [5, 5.41) is 0. The zero-order valence-corrected chi connectivity index (χ0v) is 20.0. The number of fused-ring (bicyclic) bond motifs is 1. The van der Waals surface area contributed by atoms with Crippen LogP contribution in [0.1, 0.15) is 42.6 Å². The van der Waals surface area contributed by atoms with Crippen LogP contribution in [0.5, 0.6) is 0 Å². The van der Waals surface area contributed by atoms with Crippen molar-refractivity contribution in [3.8, 4) is 0 Å². The Kier molecular flexibility index (Phi) is 7.63. The molecule has 1 heterocycles. The van der Waals surface area contributed by atoms with Crippen molar-refractivity contribution in [1.29, 1.82) is 0 Å². The molecule has 9 heteroatoms. The van der Waals surface area contributed by atoms with Gasteiger partial charge in [0.2, 0.25) is 0 Å². The van der Waals surface area contributed by atoms with Crippen molar-refractivity contribution in [3.05, 3.63) is 58.4 Å². The largest absolute Gasteiger partial charge is 0.465 e. The van der Waals surface area contributed by atoms with Gasteiger partial charge in [0.25, 0.3) is 5.91 Å². The number of aryl methyl sites for hydroxylation is 1. The number of hydrogen-bond acceptors (Lipinski definition) is 6. The topological polar surface area (TPSA) is 94.8 Å². The van der Waals surface area contributed by atoms with Crippen molar-refractivity contribution in [2.45, 2.75) is 44.6 Å². The van der Waals surface area contributed by atoms with E-state index in [1.54, 1.807) is 11.5 Å². The second-order valence-corrected chi connectivity index (χ2v) is 10.4. The van der Waals surface area contributed by atoms with Gasteiger partial charge < -0.3 is 9.30 Å². The number of esters is 1. The fourth-order valence-electron chi connectivity index (χ4n) is 3.24. The zero-order chi connectivity index (χ0) is 23.3. The fraction of sp³-hybridized carbons (Fsp3) is 0.348. The summed E-state index contributed by atoms with van der Waals surface area (Å²) in [4.78, 5) is 29.7. The summed E-state index contributed by atoms with van der Waals surface area (Å²) in [6.45, 7) is 4.06. The molecule has 0 aliphatic heterocycles. The molecular weight excluding hydrogens is 448 g/mol.